The highest BCUT2D eigenvalue weighted by Crippen LogP contribution is 2.31. The van der Waals surface area contributed by atoms with Gasteiger partial charge in [-0.05, 0) is 33.2 Å². The average Bonchev–Trinajstić information content (AvgIpc) is 2.83. The van der Waals surface area contributed by atoms with Crippen molar-refractivity contribution in [3.8, 4) is 0 Å². The highest BCUT2D eigenvalue weighted by atomic mass is 16.5. The zero-order valence-electron chi connectivity index (χ0n) is 9.89. The number of likely N-dealkylation sites (tertiary alicyclic amines) is 1. The number of hydrogen-bond donors (Lipinski definition) is 1. The van der Waals surface area contributed by atoms with Crippen molar-refractivity contribution in [2.24, 2.45) is 0 Å². The second kappa shape index (κ2) is 4.93. The summed E-state index contributed by atoms with van der Waals surface area (Å²) in [5, 5.41) is 12.8. The van der Waals surface area contributed by atoms with Crippen LogP contribution < -0.4 is 0 Å². The van der Waals surface area contributed by atoms with E-state index in [0.717, 1.165) is 18.8 Å². The minimum absolute atomic E-state index is 0.0557. The molecule has 0 amide bonds. The van der Waals surface area contributed by atoms with E-state index in [1.165, 1.54) is 6.42 Å². The van der Waals surface area contributed by atoms with E-state index in [-0.39, 0.29) is 12.6 Å². The van der Waals surface area contributed by atoms with Gasteiger partial charge in [0.15, 0.2) is 5.82 Å². The number of rotatable bonds is 4. The van der Waals surface area contributed by atoms with E-state index >= 15 is 0 Å². The Balaban J connectivity index is 2.10. The summed E-state index contributed by atoms with van der Waals surface area (Å²) in [6.07, 6.45) is 2.73. The first-order chi connectivity index (χ1) is 7.72. The van der Waals surface area contributed by atoms with Crippen LogP contribution >= 0.6 is 0 Å². The summed E-state index contributed by atoms with van der Waals surface area (Å²) in [5.41, 5.74) is 0. The van der Waals surface area contributed by atoms with Gasteiger partial charge in [0.1, 0.15) is 0 Å². The molecule has 1 aromatic heterocycles. The summed E-state index contributed by atoms with van der Waals surface area (Å²) < 4.78 is 5.10. The molecule has 90 valence electrons. The van der Waals surface area contributed by atoms with Crippen LogP contribution in [0.15, 0.2) is 4.52 Å². The first kappa shape index (κ1) is 11.5. The van der Waals surface area contributed by atoms with Crippen molar-refractivity contribution in [2.75, 3.05) is 13.2 Å². The van der Waals surface area contributed by atoms with Gasteiger partial charge in [0, 0.05) is 6.04 Å². The standard InChI is InChI=1S/C11H19N3O2/c1-8(2)14-6-3-4-9(14)11-12-10(5-7-15)16-13-11/h8-9,15H,3-7H2,1-2H3. The van der Waals surface area contributed by atoms with E-state index in [1.807, 2.05) is 0 Å². The molecule has 16 heavy (non-hydrogen) atoms. The summed E-state index contributed by atoms with van der Waals surface area (Å²) >= 11 is 0. The fourth-order valence-electron chi connectivity index (χ4n) is 2.28. The number of aliphatic hydroxyl groups is 1. The summed E-state index contributed by atoms with van der Waals surface area (Å²) in [7, 11) is 0. The van der Waals surface area contributed by atoms with Crippen molar-refractivity contribution in [2.45, 2.75) is 45.2 Å². The van der Waals surface area contributed by atoms with Crippen LogP contribution in [0, 0.1) is 0 Å². The number of aliphatic hydroxyl groups excluding tert-OH is 1. The SMILES string of the molecule is CC(C)N1CCCC1c1noc(CCO)n1. The molecule has 0 bridgehead atoms. The lowest BCUT2D eigenvalue weighted by molar-refractivity contribution is 0.195. The predicted octanol–water partition coefficient (Wildman–Crippen LogP) is 1.15. The van der Waals surface area contributed by atoms with Crippen molar-refractivity contribution in [3.63, 3.8) is 0 Å². The molecule has 1 aliphatic heterocycles. The summed E-state index contributed by atoms with van der Waals surface area (Å²) in [6, 6.07) is 0.795. The lowest BCUT2D eigenvalue weighted by atomic mass is 10.2. The third-order valence-electron chi connectivity index (χ3n) is 3.07. The molecule has 5 nitrogen and oxygen atoms in total. The van der Waals surface area contributed by atoms with Gasteiger partial charge >= 0.3 is 0 Å². The predicted molar refractivity (Wildman–Crippen MR) is 58.9 cm³/mol. The molecule has 1 aromatic rings. The van der Waals surface area contributed by atoms with E-state index in [2.05, 4.69) is 28.9 Å². The normalized spacial score (nSPS) is 22.1. The van der Waals surface area contributed by atoms with Gasteiger partial charge in [-0.25, -0.2) is 0 Å². The van der Waals surface area contributed by atoms with Gasteiger partial charge < -0.3 is 9.63 Å². The Morgan fingerprint density at radius 3 is 3.06 bits per heavy atom. The molecule has 1 N–H and O–H groups in total. The van der Waals surface area contributed by atoms with Crippen LogP contribution in [0.4, 0.5) is 0 Å². The average molecular weight is 225 g/mol. The second-order valence-electron chi connectivity index (χ2n) is 4.51. The maximum Gasteiger partial charge on any atom is 0.229 e. The highest BCUT2D eigenvalue weighted by molar-refractivity contribution is 4.99. The second-order valence-corrected chi connectivity index (χ2v) is 4.51. The topological polar surface area (TPSA) is 62.4 Å². The molecule has 0 aliphatic carbocycles. The molecule has 2 heterocycles. The van der Waals surface area contributed by atoms with Crippen molar-refractivity contribution in [3.05, 3.63) is 11.7 Å². The molecular weight excluding hydrogens is 206 g/mol. The van der Waals surface area contributed by atoms with Gasteiger partial charge in [-0.1, -0.05) is 5.16 Å². The van der Waals surface area contributed by atoms with Crippen LogP contribution in [0.2, 0.25) is 0 Å². The largest absolute Gasteiger partial charge is 0.396 e. The van der Waals surface area contributed by atoms with E-state index in [4.69, 9.17) is 9.63 Å². The Hall–Kier alpha value is -0.940. The molecule has 1 saturated heterocycles. The van der Waals surface area contributed by atoms with E-state index in [9.17, 15) is 0 Å². The van der Waals surface area contributed by atoms with Crippen LogP contribution in [-0.4, -0.2) is 39.3 Å². The Labute approximate surface area is 95.4 Å². The zero-order chi connectivity index (χ0) is 11.5. The third kappa shape index (κ3) is 2.25. The van der Waals surface area contributed by atoms with Crippen LogP contribution in [0.5, 0.6) is 0 Å². The molecule has 0 radical (unpaired) electrons. The summed E-state index contributed by atoms with van der Waals surface area (Å²) in [5.74, 6) is 1.31. The first-order valence-corrected chi connectivity index (χ1v) is 5.91. The number of hydrogen-bond acceptors (Lipinski definition) is 5. The quantitative estimate of drug-likeness (QED) is 0.832. The highest BCUT2D eigenvalue weighted by Gasteiger charge is 2.31. The zero-order valence-corrected chi connectivity index (χ0v) is 9.89. The summed E-state index contributed by atoms with van der Waals surface area (Å²) in [6.45, 7) is 5.53. The fraction of sp³-hybridized carbons (Fsp3) is 0.818. The lowest BCUT2D eigenvalue weighted by Gasteiger charge is -2.25. The lowest BCUT2D eigenvalue weighted by Crippen LogP contribution is -2.30. The molecular formula is C11H19N3O2. The molecule has 5 heteroatoms. The molecule has 0 spiro atoms. The van der Waals surface area contributed by atoms with Gasteiger partial charge in [0.05, 0.1) is 19.1 Å². The Morgan fingerprint density at radius 1 is 1.56 bits per heavy atom. The minimum atomic E-state index is 0.0557. The molecule has 0 aromatic carbocycles. The molecule has 1 atom stereocenters. The van der Waals surface area contributed by atoms with Crippen molar-refractivity contribution in [1.82, 2.24) is 15.0 Å². The smallest absolute Gasteiger partial charge is 0.229 e. The van der Waals surface area contributed by atoms with E-state index < -0.39 is 0 Å². The van der Waals surface area contributed by atoms with Crippen LogP contribution in [0.1, 0.15) is 44.4 Å². The Kier molecular flexibility index (Phi) is 3.56. The molecule has 1 unspecified atom stereocenters. The molecule has 2 rings (SSSR count). The fourth-order valence-corrected chi connectivity index (χ4v) is 2.28. The molecule has 1 aliphatic rings. The third-order valence-corrected chi connectivity index (χ3v) is 3.07. The van der Waals surface area contributed by atoms with Crippen LogP contribution in [0.3, 0.4) is 0 Å². The first-order valence-electron chi connectivity index (χ1n) is 5.91. The number of aromatic nitrogens is 2. The maximum atomic E-state index is 8.80. The van der Waals surface area contributed by atoms with Gasteiger partial charge in [-0.15, -0.1) is 0 Å². The Morgan fingerprint density at radius 2 is 2.38 bits per heavy atom. The van der Waals surface area contributed by atoms with Gasteiger partial charge in [-0.3, -0.25) is 4.90 Å². The van der Waals surface area contributed by atoms with E-state index in [0.29, 0.717) is 18.4 Å². The number of nitrogens with zero attached hydrogens (tertiary/aromatic N) is 3. The van der Waals surface area contributed by atoms with Gasteiger partial charge in [0.25, 0.3) is 0 Å². The monoisotopic (exact) mass is 225 g/mol. The maximum absolute atomic E-state index is 8.80. The Bertz CT molecular complexity index is 338. The van der Waals surface area contributed by atoms with Gasteiger partial charge in [0.2, 0.25) is 5.89 Å². The van der Waals surface area contributed by atoms with Crippen molar-refractivity contribution in [1.29, 1.82) is 0 Å². The molecule has 0 saturated carbocycles. The summed E-state index contributed by atoms with van der Waals surface area (Å²) in [4.78, 5) is 6.73. The van der Waals surface area contributed by atoms with Crippen LogP contribution in [0.25, 0.3) is 0 Å². The van der Waals surface area contributed by atoms with Gasteiger partial charge in [-0.2, -0.15) is 4.98 Å². The van der Waals surface area contributed by atoms with Crippen molar-refractivity contribution < 1.29 is 9.63 Å². The minimum Gasteiger partial charge on any atom is -0.396 e. The molecule has 1 fully saturated rings. The van der Waals surface area contributed by atoms with E-state index in [1.54, 1.807) is 0 Å². The van der Waals surface area contributed by atoms with Crippen molar-refractivity contribution >= 4 is 0 Å². The van der Waals surface area contributed by atoms with Crippen LogP contribution in [-0.2, 0) is 6.42 Å².